The molecule has 0 saturated carbocycles. The van der Waals surface area contributed by atoms with Gasteiger partial charge >= 0.3 is 5.97 Å². The molecule has 0 fully saturated rings. The van der Waals surface area contributed by atoms with Crippen molar-refractivity contribution in [3.63, 3.8) is 0 Å². The van der Waals surface area contributed by atoms with E-state index in [-0.39, 0.29) is 17.3 Å². The maximum absolute atomic E-state index is 12.0. The van der Waals surface area contributed by atoms with Crippen LogP contribution in [0.15, 0.2) is 30.3 Å². The zero-order valence-corrected chi connectivity index (χ0v) is 14.4. The molecule has 2 aromatic heterocycles. The summed E-state index contributed by atoms with van der Waals surface area (Å²) in [5.41, 5.74) is 1.72. The summed E-state index contributed by atoms with van der Waals surface area (Å²) >= 11 is 0. The summed E-state index contributed by atoms with van der Waals surface area (Å²) in [5.74, 6) is -1.42. The monoisotopic (exact) mass is 370 g/mol. The molecule has 3 rings (SSSR count). The van der Waals surface area contributed by atoms with E-state index in [1.807, 2.05) is 0 Å². The van der Waals surface area contributed by atoms with E-state index in [1.54, 1.807) is 19.9 Å². The van der Waals surface area contributed by atoms with E-state index in [1.165, 1.54) is 28.8 Å². The number of carbonyl (C=O) groups is 2. The first-order valence-electron chi connectivity index (χ1n) is 7.76. The van der Waals surface area contributed by atoms with E-state index in [2.05, 4.69) is 20.4 Å². The van der Waals surface area contributed by atoms with Gasteiger partial charge in [0.05, 0.1) is 4.92 Å². The zero-order chi connectivity index (χ0) is 19.6. The van der Waals surface area contributed by atoms with Crippen LogP contribution in [0.4, 0.5) is 11.4 Å². The molecule has 0 saturated heterocycles. The van der Waals surface area contributed by atoms with Crippen LogP contribution in [0.1, 0.15) is 22.0 Å². The van der Waals surface area contributed by atoms with E-state index < -0.39 is 23.4 Å². The number of carbonyl (C=O) groups excluding carboxylic acids is 2. The Bertz CT molecular complexity index is 1040. The number of hydrogen-bond donors (Lipinski definition) is 1. The first kappa shape index (κ1) is 17.9. The van der Waals surface area contributed by atoms with Gasteiger partial charge in [-0.2, -0.15) is 4.98 Å². The number of nitro groups is 1. The summed E-state index contributed by atoms with van der Waals surface area (Å²) < 4.78 is 6.30. The fraction of sp³-hybridized carbons (Fsp3) is 0.188. The summed E-state index contributed by atoms with van der Waals surface area (Å²) in [6.45, 7) is 3.03. The quantitative estimate of drug-likeness (QED) is 0.404. The standard InChI is InChI=1S/C16H14N6O5/c1-9-7-10(2)21-16(17-9)19-14(20-21)15(24)27-8-13(23)18-11-3-5-12(6-4-11)22(25)26/h3-7H,8H2,1-2H3,(H,18,23). The lowest BCUT2D eigenvalue weighted by atomic mass is 10.3. The number of amides is 1. The van der Waals surface area contributed by atoms with Gasteiger partial charge in [-0.25, -0.2) is 14.3 Å². The third-order valence-corrected chi connectivity index (χ3v) is 3.50. The van der Waals surface area contributed by atoms with Crippen LogP contribution in [0, 0.1) is 24.0 Å². The molecular formula is C16H14N6O5. The van der Waals surface area contributed by atoms with Crippen LogP contribution in [0.2, 0.25) is 0 Å². The van der Waals surface area contributed by atoms with E-state index in [9.17, 15) is 19.7 Å². The number of anilines is 1. The van der Waals surface area contributed by atoms with Crippen LogP contribution in [0.3, 0.4) is 0 Å². The van der Waals surface area contributed by atoms with Crippen molar-refractivity contribution in [1.29, 1.82) is 0 Å². The topological polar surface area (TPSA) is 142 Å². The number of benzene rings is 1. The molecule has 2 heterocycles. The zero-order valence-electron chi connectivity index (χ0n) is 14.4. The van der Waals surface area contributed by atoms with Gasteiger partial charge in [0.15, 0.2) is 6.61 Å². The number of aromatic nitrogens is 4. The Hall–Kier alpha value is -3.89. The number of rotatable bonds is 5. The fourth-order valence-electron chi connectivity index (χ4n) is 2.31. The first-order chi connectivity index (χ1) is 12.8. The van der Waals surface area contributed by atoms with Gasteiger partial charge in [0.2, 0.25) is 0 Å². The SMILES string of the molecule is Cc1cc(C)n2nc(C(=O)OCC(=O)Nc3ccc([N+](=O)[O-])cc3)nc2n1. The number of esters is 1. The molecule has 0 aliphatic rings. The number of fused-ring (bicyclic) bond motifs is 1. The fourth-order valence-corrected chi connectivity index (χ4v) is 2.31. The van der Waals surface area contributed by atoms with Gasteiger partial charge in [-0.1, -0.05) is 0 Å². The predicted octanol–water partition coefficient (Wildman–Crippen LogP) is 1.44. The molecule has 138 valence electrons. The Morgan fingerprint density at radius 3 is 2.59 bits per heavy atom. The Kier molecular flexibility index (Phi) is 4.75. The smallest absolute Gasteiger partial charge is 0.378 e. The van der Waals surface area contributed by atoms with Gasteiger partial charge in [-0.05, 0) is 32.0 Å². The third-order valence-electron chi connectivity index (χ3n) is 3.50. The number of hydrogen-bond acceptors (Lipinski definition) is 8. The number of nitro benzene ring substituents is 1. The van der Waals surface area contributed by atoms with E-state index in [0.29, 0.717) is 5.69 Å². The minimum Gasteiger partial charge on any atom is -0.450 e. The van der Waals surface area contributed by atoms with Gasteiger partial charge < -0.3 is 10.1 Å². The molecule has 11 nitrogen and oxygen atoms in total. The summed E-state index contributed by atoms with van der Waals surface area (Å²) in [4.78, 5) is 42.1. The Morgan fingerprint density at radius 2 is 1.93 bits per heavy atom. The average Bonchev–Trinajstić information content (AvgIpc) is 3.04. The summed E-state index contributed by atoms with van der Waals surface area (Å²) in [6.07, 6.45) is 0. The van der Waals surface area contributed by atoms with Crippen LogP contribution in [0.25, 0.3) is 5.78 Å². The van der Waals surface area contributed by atoms with E-state index in [0.717, 1.165) is 11.4 Å². The van der Waals surface area contributed by atoms with Crippen LogP contribution in [0.5, 0.6) is 0 Å². The molecule has 0 spiro atoms. The van der Waals surface area contributed by atoms with Crippen molar-refractivity contribution in [3.8, 4) is 0 Å². The molecular weight excluding hydrogens is 356 g/mol. The van der Waals surface area contributed by atoms with Crippen LogP contribution in [-0.2, 0) is 9.53 Å². The highest BCUT2D eigenvalue weighted by atomic mass is 16.6. The molecule has 1 aromatic carbocycles. The van der Waals surface area contributed by atoms with Crippen molar-refractivity contribution in [3.05, 3.63) is 57.7 Å². The van der Waals surface area contributed by atoms with Gasteiger partial charge in [-0.15, -0.1) is 5.10 Å². The number of nitrogens with zero attached hydrogens (tertiary/aromatic N) is 5. The van der Waals surface area contributed by atoms with E-state index in [4.69, 9.17) is 4.74 Å². The molecule has 0 aliphatic heterocycles. The molecule has 0 radical (unpaired) electrons. The van der Waals surface area contributed by atoms with Gasteiger partial charge in [-0.3, -0.25) is 14.9 Å². The number of nitrogens with one attached hydrogen (secondary N) is 1. The molecule has 1 amide bonds. The summed E-state index contributed by atoms with van der Waals surface area (Å²) in [6, 6.07) is 7.03. The summed E-state index contributed by atoms with van der Waals surface area (Å²) in [5, 5.41) is 17.1. The molecule has 0 atom stereocenters. The minimum atomic E-state index is -0.864. The second kappa shape index (κ2) is 7.15. The van der Waals surface area contributed by atoms with Crippen molar-refractivity contribution >= 4 is 29.0 Å². The molecule has 0 unspecified atom stereocenters. The second-order valence-electron chi connectivity index (χ2n) is 5.61. The van der Waals surface area contributed by atoms with Gasteiger partial charge in [0, 0.05) is 29.2 Å². The highest BCUT2D eigenvalue weighted by Gasteiger charge is 2.18. The van der Waals surface area contributed by atoms with Crippen molar-refractivity contribution < 1.29 is 19.2 Å². The molecule has 1 N–H and O–H groups in total. The average molecular weight is 370 g/mol. The van der Waals surface area contributed by atoms with Crippen LogP contribution < -0.4 is 5.32 Å². The molecule has 0 bridgehead atoms. The largest absolute Gasteiger partial charge is 0.450 e. The normalized spacial score (nSPS) is 10.6. The number of ether oxygens (including phenoxy) is 1. The molecule has 27 heavy (non-hydrogen) atoms. The Morgan fingerprint density at radius 1 is 1.22 bits per heavy atom. The Labute approximate surface area is 152 Å². The van der Waals surface area contributed by atoms with Crippen molar-refractivity contribution in [2.45, 2.75) is 13.8 Å². The predicted molar refractivity (Wildman–Crippen MR) is 92.3 cm³/mol. The lowest BCUT2D eigenvalue weighted by molar-refractivity contribution is -0.384. The van der Waals surface area contributed by atoms with Crippen molar-refractivity contribution in [2.75, 3.05) is 11.9 Å². The highest BCUT2D eigenvalue weighted by molar-refractivity contribution is 5.94. The second-order valence-corrected chi connectivity index (χ2v) is 5.61. The molecule has 11 heteroatoms. The van der Waals surface area contributed by atoms with Gasteiger partial charge in [0.1, 0.15) is 0 Å². The maximum atomic E-state index is 12.0. The van der Waals surface area contributed by atoms with Crippen molar-refractivity contribution in [1.82, 2.24) is 19.6 Å². The third kappa shape index (κ3) is 4.03. The maximum Gasteiger partial charge on any atom is 0.378 e. The lowest BCUT2D eigenvalue weighted by Crippen LogP contribution is -2.21. The number of non-ortho nitro benzene ring substituents is 1. The van der Waals surface area contributed by atoms with E-state index >= 15 is 0 Å². The number of aryl methyl sites for hydroxylation is 2. The Balaban J connectivity index is 1.60. The molecule has 0 aliphatic carbocycles. The van der Waals surface area contributed by atoms with Gasteiger partial charge in [0.25, 0.3) is 23.2 Å². The lowest BCUT2D eigenvalue weighted by Gasteiger charge is -2.05. The minimum absolute atomic E-state index is 0.100. The molecule has 3 aromatic rings. The van der Waals surface area contributed by atoms with Crippen molar-refractivity contribution in [2.24, 2.45) is 0 Å². The van der Waals surface area contributed by atoms with Crippen LogP contribution >= 0.6 is 0 Å². The summed E-state index contributed by atoms with van der Waals surface area (Å²) in [7, 11) is 0. The van der Waals surface area contributed by atoms with Crippen LogP contribution in [-0.4, -0.2) is 43.0 Å². The first-order valence-corrected chi connectivity index (χ1v) is 7.76. The highest BCUT2D eigenvalue weighted by Crippen LogP contribution is 2.15.